The lowest BCUT2D eigenvalue weighted by Gasteiger charge is -2.11. The van der Waals surface area contributed by atoms with Crippen molar-refractivity contribution in [2.75, 3.05) is 11.9 Å². The second-order valence-electron chi connectivity index (χ2n) is 5.31. The molecule has 0 radical (unpaired) electrons. The summed E-state index contributed by atoms with van der Waals surface area (Å²) < 4.78 is 0. The highest BCUT2D eigenvalue weighted by atomic mass is 16.4. The van der Waals surface area contributed by atoms with Gasteiger partial charge in [0, 0.05) is 30.4 Å². The molecule has 0 fully saturated rings. The van der Waals surface area contributed by atoms with Gasteiger partial charge in [-0.2, -0.15) is 0 Å². The maximum Gasteiger partial charge on any atom is 0.303 e. The van der Waals surface area contributed by atoms with Crippen LogP contribution < -0.4 is 5.32 Å². The molecule has 0 amide bonds. The van der Waals surface area contributed by atoms with Crippen molar-refractivity contribution < 1.29 is 9.90 Å². The maximum atomic E-state index is 10.6. The Hall–Kier alpha value is -2.50. The standard InChI is InChI=1S/C16H18N4O2/c21-14(22)8-4-10-18-15-11-5-3-7-12(11)19-16(20-15)13-6-1-2-9-17-13/h1-2,6,9H,3-5,7-8,10H2,(H,21,22)(H,18,19,20). The average Bonchev–Trinajstić information content (AvgIpc) is 3.00. The molecule has 22 heavy (non-hydrogen) atoms. The van der Waals surface area contributed by atoms with Gasteiger partial charge in [-0.05, 0) is 37.8 Å². The van der Waals surface area contributed by atoms with Crippen molar-refractivity contribution in [3.63, 3.8) is 0 Å². The summed E-state index contributed by atoms with van der Waals surface area (Å²) in [6.07, 6.45) is 5.48. The lowest BCUT2D eigenvalue weighted by molar-refractivity contribution is -0.137. The Labute approximate surface area is 128 Å². The van der Waals surface area contributed by atoms with E-state index < -0.39 is 5.97 Å². The summed E-state index contributed by atoms with van der Waals surface area (Å²) in [5.41, 5.74) is 3.00. The molecular weight excluding hydrogens is 280 g/mol. The molecule has 0 aromatic carbocycles. The first-order valence-electron chi connectivity index (χ1n) is 7.51. The van der Waals surface area contributed by atoms with Crippen molar-refractivity contribution in [2.24, 2.45) is 0 Å². The number of anilines is 1. The number of aliphatic carboxylic acids is 1. The molecular formula is C16H18N4O2. The summed E-state index contributed by atoms with van der Waals surface area (Å²) in [5, 5.41) is 12.0. The number of carbonyl (C=O) groups is 1. The van der Waals surface area contributed by atoms with Crippen LogP contribution in [0.1, 0.15) is 30.5 Å². The zero-order valence-corrected chi connectivity index (χ0v) is 12.2. The Morgan fingerprint density at radius 1 is 1.27 bits per heavy atom. The van der Waals surface area contributed by atoms with Gasteiger partial charge in [0.2, 0.25) is 0 Å². The molecule has 0 bridgehead atoms. The van der Waals surface area contributed by atoms with E-state index in [0.29, 0.717) is 18.8 Å². The summed E-state index contributed by atoms with van der Waals surface area (Å²) in [6, 6.07) is 5.67. The molecule has 3 rings (SSSR count). The minimum absolute atomic E-state index is 0.160. The lowest BCUT2D eigenvalue weighted by Crippen LogP contribution is -2.10. The number of pyridine rings is 1. The van der Waals surface area contributed by atoms with Crippen molar-refractivity contribution in [1.29, 1.82) is 0 Å². The molecule has 1 aliphatic rings. The second-order valence-corrected chi connectivity index (χ2v) is 5.31. The van der Waals surface area contributed by atoms with E-state index in [1.54, 1.807) is 6.20 Å². The first kappa shape index (κ1) is 14.4. The fourth-order valence-corrected chi connectivity index (χ4v) is 2.63. The Morgan fingerprint density at radius 2 is 2.18 bits per heavy atom. The summed E-state index contributed by atoms with van der Waals surface area (Å²) >= 11 is 0. The summed E-state index contributed by atoms with van der Waals surface area (Å²) in [7, 11) is 0. The van der Waals surface area contributed by atoms with Gasteiger partial charge in [-0.25, -0.2) is 9.97 Å². The van der Waals surface area contributed by atoms with Gasteiger partial charge in [0.05, 0.1) is 0 Å². The zero-order valence-electron chi connectivity index (χ0n) is 12.2. The fraction of sp³-hybridized carbons (Fsp3) is 0.375. The molecule has 0 unspecified atom stereocenters. The third kappa shape index (κ3) is 3.21. The van der Waals surface area contributed by atoms with Crippen LogP contribution in [0.2, 0.25) is 0 Å². The molecule has 0 saturated carbocycles. The van der Waals surface area contributed by atoms with Crippen LogP contribution in [0.5, 0.6) is 0 Å². The average molecular weight is 298 g/mol. The molecule has 114 valence electrons. The van der Waals surface area contributed by atoms with Crippen LogP contribution in [-0.2, 0) is 17.6 Å². The highest BCUT2D eigenvalue weighted by molar-refractivity contribution is 5.66. The maximum absolute atomic E-state index is 10.6. The number of carboxylic acids is 1. The summed E-state index contributed by atoms with van der Waals surface area (Å²) in [6.45, 7) is 0.595. The van der Waals surface area contributed by atoms with Gasteiger partial charge < -0.3 is 10.4 Å². The molecule has 6 nitrogen and oxygen atoms in total. The van der Waals surface area contributed by atoms with Crippen LogP contribution in [0, 0.1) is 0 Å². The van der Waals surface area contributed by atoms with Crippen molar-refractivity contribution in [2.45, 2.75) is 32.1 Å². The molecule has 2 aromatic heterocycles. The van der Waals surface area contributed by atoms with Gasteiger partial charge in [0.1, 0.15) is 11.5 Å². The molecule has 0 spiro atoms. The monoisotopic (exact) mass is 298 g/mol. The lowest BCUT2D eigenvalue weighted by atomic mass is 10.2. The van der Waals surface area contributed by atoms with E-state index in [0.717, 1.165) is 42.0 Å². The second kappa shape index (κ2) is 6.51. The van der Waals surface area contributed by atoms with Crippen LogP contribution in [0.25, 0.3) is 11.5 Å². The number of nitrogens with one attached hydrogen (secondary N) is 1. The SMILES string of the molecule is O=C(O)CCCNc1nc(-c2ccccn2)nc2c1CCC2. The largest absolute Gasteiger partial charge is 0.481 e. The number of nitrogens with zero attached hydrogens (tertiary/aromatic N) is 3. The van der Waals surface area contributed by atoms with Gasteiger partial charge >= 0.3 is 5.97 Å². The zero-order chi connectivity index (χ0) is 15.4. The van der Waals surface area contributed by atoms with Crippen molar-refractivity contribution in [1.82, 2.24) is 15.0 Å². The predicted octanol–water partition coefficient (Wildman–Crippen LogP) is 2.30. The number of fused-ring (bicyclic) bond motifs is 1. The van der Waals surface area contributed by atoms with Crippen LogP contribution in [0.15, 0.2) is 24.4 Å². The third-order valence-electron chi connectivity index (χ3n) is 3.69. The first-order chi connectivity index (χ1) is 10.7. The van der Waals surface area contributed by atoms with Crippen LogP contribution >= 0.6 is 0 Å². The third-order valence-corrected chi connectivity index (χ3v) is 3.69. The summed E-state index contributed by atoms with van der Waals surface area (Å²) in [5.74, 6) is 0.680. The van der Waals surface area contributed by atoms with E-state index >= 15 is 0 Å². The molecule has 2 aromatic rings. The van der Waals surface area contributed by atoms with Crippen LogP contribution in [0.4, 0.5) is 5.82 Å². The van der Waals surface area contributed by atoms with Gasteiger partial charge in [-0.1, -0.05) is 6.07 Å². The Morgan fingerprint density at radius 3 is 2.95 bits per heavy atom. The quantitative estimate of drug-likeness (QED) is 0.796. The Balaban J connectivity index is 1.82. The number of aryl methyl sites for hydroxylation is 1. The van der Waals surface area contributed by atoms with E-state index in [9.17, 15) is 4.79 Å². The number of aromatic nitrogens is 3. The summed E-state index contributed by atoms with van der Waals surface area (Å²) in [4.78, 5) is 24.1. The Bertz CT molecular complexity index is 673. The topological polar surface area (TPSA) is 88.0 Å². The minimum atomic E-state index is -0.774. The van der Waals surface area contributed by atoms with Crippen molar-refractivity contribution in [3.8, 4) is 11.5 Å². The predicted molar refractivity (Wildman–Crippen MR) is 82.6 cm³/mol. The fourth-order valence-electron chi connectivity index (χ4n) is 2.63. The van der Waals surface area contributed by atoms with E-state index in [1.165, 1.54) is 0 Å². The van der Waals surface area contributed by atoms with Crippen molar-refractivity contribution >= 4 is 11.8 Å². The highest BCUT2D eigenvalue weighted by Gasteiger charge is 2.20. The van der Waals surface area contributed by atoms with Gasteiger partial charge in [-0.15, -0.1) is 0 Å². The van der Waals surface area contributed by atoms with E-state index in [2.05, 4.69) is 20.3 Å². The number of carboxylic acid groups (broad SMARTS) is 1. The number of rotatable bonds is 6. The molecule has 2 N–H and O–H groups in total. The van der Waals surface area contributed by atoms with E-state index in [4.69, 9.17) is 5.11 Å². The molecule has 1 aliphatic carbocycles. The number of hydrogen-bond donors (Lipinski definition) is 2. The number of hydrogen-bond acceptors (Lipinski definition) is 5. The molecule has 2 heterocycles. The van der Waals surface area contributed by atoms with E-state index in [1.807, 2.05) is 18.2 Å². The molecule has 0 saturated heterocycles. The molecule has 6 heteroatoms. The van der Waals surface area contributed by atoms with Crippen LogP contribution in [-0.4, -0.2) is 32.6 Å². The smallest absolute Gasteiger partial charge is 0.303 e. The highest BCUT2D eigenvalue weighted by Crippen LogP contribution is 2.28. The van der Waals surface area contributed by atoms with Crippen LogP contribution in [0.3, 0.4) is 0 Å². The Kier molecular flexibility index (Phi) is 4.27. The normalized spacial score (nSPS) is 12.9. The van der Waals surface area contributed by atoms with Gasteiger partial charge in [-0.3, -0.25) is 9.78 Å². The first-order valence-corrected chi connectivity index (χ1v) is 7.51. The van der Waals surface area contributed by atoms with Gasteiger partial charge in [0.25, 0.3) is 0 Å². The van der Waals surface area contributed by atoms with Crippen molar-refractivity contribution in [3.05, 3.63) is 35.7 Å². The molecule has 0 atom stereocenters. The molecule has 0 aliphatic heterocycles. The minimum Gasteiger partial charge on any atom is -0.481 e. The van der Waals surface area contributed by atoms with E-state index in [-0.39, 0.29) is 6.42 Å². The van der Waals surface area contributed by atoms with Gasteiger partial charge in [0.15, 0.2) is 5.82 Å².